The Hall–Kier alpha value is -1.52. The minimum Gasteiger partial charge on any atom is -0.384 e. The molecule has 0 aliphatic carbocycles. The molecule has 102 valence electrons. The van der Waals surface area contributed by atoms with Crippen LogP contribution in [0.2, 0.25) is 5.02 Å². The van der Waals surface area contributed by atoms with Crippen LogP contribution in [0.15, 0.2) is 24.4 Å². The zero-order chi connectivity index (χ0) is 13.8. The van der Waals surface area contributed by atoms with Gasteiger partial charge in [0.1, 0.15) is 5.82 Å². The number of fused-ring (bicyclic) bond motifs is 1. The van der Waals surface area contributed by atoms with Gasteiger partial charge >= 0.3 is 0 Å². The second-order valence-electron chi connectivity index (χ2n) is 4.61. The van der Waals surface area contributed by atoms with Crippen molar-refractivity contribution in [3.05, 3.63) is 29.4 Å². The lowest BCUT2D eigenvalue weighted by Crippen LogP contribution is -2.22. The average molecular weight is 279 g/mol. The highest BCUT2D eigenvalue weighted by Gasteiger charge is 2.09. The molecular weight excluding hydrogens is 260 g/mol. The normalized spacial score (nSPS) is 12.6. The minimum atomic E-state index is 0.334. The Kier molecular flexibility index (Phi) is 4.45. The number of nitrogens with zero attached hydrogens (tertiary/aromatic N) is 1. The van der Waals surface area contributed by atoms with E-state index in [9.17, 15) is 0 Å². The van der Waals surface area contributed by atoms with Gasteiger partial charge in [-0.1, -0.05) is 18.5 Å². The summed E-state index contributed by atoms with van der Waals surface area (Å²) in [4.78, 5) is 4.10. The molecule has 0 saturated heterocycles. The van der Waals surface area contributed by atoms with Gasteiger partial charge in [-0.3, -0.25) is 0 Å². The van der Waals surface area contributed by atoms with Gasteiger partial charge in [0.05, 0.1) is 0 Å². The van der Waals surface area contributed by atoms with E-state index in [2.05, 4.69) is 17.2 Å². The Morgan fingerprint density at radius 3 is 2.84 bits per heavy atom. The maximum absolute atomic E-state index is 6.14. The molecule has 0 amide bonds. The van der Waals surface area contributed by atoms with Gasteiger partial charge in [-0.15, -0.1) is 0 Å². The van der Waals surface area contributed by atoms with E-state index in [1.807, 2.05) is 18.2 Å². The van der Waals surface area contributed by atoms with Crippen molar-refractivity contribution in [3.63, 3.8) is 0 Å². The van der Waals surface area contributed by atoms with Gasteiger partial charge in [0.2, 0.25) is 0 Å². The van der Waals surface area contributed by atoms with Crippen LogP contribution in [0.3, 0.4) is 0 Å². The number of aromatic nitrogens is 1. The van der Waals surface area contributed by atoms with E-state index in [0.29, 0.717) is 23.4 Å². The molecule has 1 heterocycles. The number of rotatable bonds is 5. The molecule has 1 aromatic heterocycles. The summed E-state index contributed by atoms with van der Waals surface area (Å²) in [5.41, 5.74) is 12.4. The van der Waals surface area contributed by atoms with Crippen molar-refractivity contribution in [3.8, 4) is 0 Å². The Bertz CT molecular complexity index is 571. The van der Waals surface area contributed by atoms with Crippen molar-refractivity contribution in [2.75, 3.05) is 17.6 Å². The zero-order valence-corrected chi connectivity index (χ0v) is 11.7. The summed E-state index contributed by atoms with van der Waals surface area (Å²) < 4.78 is 0. The molecule has 0 saturated carbocycles. The largest absolute Gasteiger partial charge is 0.384 e. The number of pyridine rings is 1. The Balaban J connectivity index is 2.43. The highest BCUT2D eigenvalue weighted by molar-refractivity contribution is 6.32. The molecule has 0 aliphatic rings. The molecule has 2 aromatic rings. The standard InChI is InChI=1S/C14H19ClN4/c1-2-11(3-4-16)19-13-6-10(15)5-9-8-18-14(17)7-12(9)13/h5-8,11,19H,2-4,16H2,1H3,(H2,17,18). The first-order valence-electron chi connectivity index (χ1n) is 6.45. The molecule has 0 fully saturated rings. The van der Waals surface area contributed by atoms with Crippen LogP contribution in [0.5, 0.6) is 0 Å². The second kappa shape index (κ2) is 6.08. The van der Waals surface area contributed by atoms with Crippen molar-refractivity contribution in [1.82, 2.24) is 4.98 Å². The molecule has 5 N–H and O–H groups in total. The number of anilines is 2. The fourth-order valence-corrected chi connectivity index (χ4v) is 2.38. The van der Waals surface area contributed by atoms with Crippen LogP contribution >= 0.6 is 11.6 Å². The molecule has 1 unspecified atom stereocenters. The number of hydrogen-bond acceptors (Lipinski definition) is 4. The van der Waals surface area contributed by atoms with Gasteiger partial charge in [-0.25, -0.2) is 4.98 Å². The van der Waals surface area contributed by atoms with Crippen LogP contribution in [0.1, 0.15) is 19.8 Å². The lowest BCUT2D eigenvalue weighted by atomic mass is 10.1. The first-order chi connectivity index (χ1) is 9.13. The van der Waals surface area contributed by atoms with E-state index in [0.717, 1.165) is 29.3 Å². The quantitative estimate of drug-likeness (QED) is 0.786. The van der Waals surface area contributed by atoms with Gasteiger partial charge in [-0.05, 0) is 37.6 Å². The Morgan fingerprint density at radius 1 is 1.37 bits per heavy atom. The van der Waals surface area contributed by atoms with E-state index >= 15 is 0 Å². The smallest absolute Gasteiger partial charge is 0.123 e. The fraction of sp³-hybridized carbons (Fsp3) is 0.357. The molecule has 4 nitrogen and oxygen atoms in total. The lowest BCUT2D eigenvalue weighted by molar-refractivity contribution is 0.643. The van der Waals surface area contributed by atoms with E-state index in [1.165, 1.54) is 0 Å². The van der Waals surface area contributed by atoms with Gasteiger partial charge < -0.3 is 16.8 Å². The second-order valence-corrected chi connectivity index (χ2v) is 5.05. The van der Waals surface area contributed by atoms with Gasteiger partial charge in [0, 0.05) is 33.7 Å². The van der Waals surface area contributed by atoms with E-state index in [1.54, 1.807) is 6.20 Å². The number of benzene rings is 1. The predicted octanol–water partition coefficient (Wildman–Crippen LogP) is 3.01. The summed E-state index contributed by atoms with van der Waals surface area (Å²) in [6.07, 6.45) is 3.67. The van der Waals surface area contributed by atoms with Crippen molar-refractivity contribution in [2.45, 2.75) is 25.8 Å². The average Bonchev–Trinajstić information content (AvgIpc) is 2.39. The predicted molar refractivity (Wildman–Crippen MR) is 82.5 cm³/mol. The zero-order valence-electron chi connectivity index (χ0n) is 11.0. The van der Waals surface area contributed by atoms with Gasteiger partial charge in [0.25, 0.3) is 0 Å². The van der Waals surface area contributed by atoms with E-state index in [-0.39, 0.29) is 0 Å². The van der Waals surface area contributed by atoms with Crippen LogP contribution < -0.4 is 16.8 Å². The highest BCUT2D eigenvalue weighted by atomic mass is 35.5. The number of halogens is 1. The highest BCUT2D eigenvalue weighted by Crippen LogP contribution is 2.29. The minimum absolute atomic E-state index is 0.334. The van der Waals surface area contributed by atoms with Gasteiger partial charge in [0.15, 0.2) is 0 Å². The van der Waals surface area contributed by atoms with Crippen molar-refractivity contribution >= 4 is 33.9 Å². The summed E-state index contributed by atoms with van der Waals surface area (Å²) in [6, 6.07) is 6.01. The molecule has 5 heteroatoms. The summed E-state index contributed by atoms with van der Waals surface area (Å²) in [6.45, 7) is 2.80. The van der Waals surface area contributed by atoms with E-state index < -0.39 is 0 Å². The van der Waals surface area contributed by atoms with Crippen LogP contribution in [-0.2, 0) is 0 Å². The monoisotopic (exact) mass is 278 g/mol. The third kappa shape index (κ3) is 3.28. The molecule has 0 aliphatic heterocycles. The maximum Gasteiger partial charge on any atom is 0.123 e. The molecule has 19 heavy (non-hydrogen) atoms. The lowest BCUT2D eigenvalue weighted by Gasteiger charge is -2.19. The number of hydrogen-bond donors (Lipinski definition) is 3. The van der Waals surface area contributed by atoms with Crippen LogP contribution in [0.4, 0.5) is 11.5 Å². The Labute approximate surface area is 118 Å². The molecule has 0 bridgehead atoms. The first-order valence-corrected chi connectivity index (χ1v) is 6.83. The third-order valence-corrected chi connectivity index (χ3v) is 3.41. The van der Waals surface area contributed by atoms with Gasteiger partial charge in [-0.2, -0.15) is 0 Å². The molecule has 1 aromatic carbocycles. The summed E-state index contributed by atoms with van der Waals surface area (Å²) in [7, 11) is 0. The third-order valence-electron chi connectivity index (χ3n) is 3.19. The molecule has 2 rings (SSSR count). The van der Waals surface area contributed by atoms with E-state index in [4.69, 9.17) is 23.1 Å². The van der Waals surface area contributed by atoms with Crippen LogP contribution in [0, 0.1) is 0 Å². The topological polar surface area (TPSA) is 77.0 Å². The number of nitrogens with one attached hydrogen (secondary N) is 1. The first kappa shape index (κ1) is 13.9. The SMILES string of the molecule is CCC(CCN)Nc1cc(Cl)cc2cnc(N)cc12. The summed E-state index contributed by atoms with van der Waals surface area (Å²) in [5.74, 6) is 0.504. The summed E-state index contributed by atoms with van der Waals surface area (Å²) in [5, 5.41) is 6.19. The van der Waals surface area contributed by atoms with Crippen molar-refractivity contribution < 1.29 is 0 Å². The molecular formula is C14H19ClN4. The maximum atomic E-state index is 6.14. The van der Waals surface area contributed by atoms with Crippen LogP contribution in [-0.4, -0.2) is 17.6 Å². The molecule has 1 atom stereocenters. The van der Waals surface area contributed by atoms with Crippen molar-refractivity contribution in [2.24, 2.45) is 5.73 Å². The molecule has 0 spiro atoms. The summed E-state index contributed by atoms with van der Waals surface area (Å²) >= 11 is 6.14. The Morgan fingerprint density at radius 2 is 2.16 bits per heavy atom. The number of nitrogen functional groups attached to an aromatic ring is 1. The molecule has 0 radical (unpaired) electrons. The number of nitrogens with two attached hydrogens (primary N) is 2. The van der Waals surface area contributed by atoms with Crippen molar-refractivity contribution in [1.29, 1.82) is 0 Å². The fourth-order valence-electron chi connectivity index (χ4n) is 2.16. The van der Waals surface area contributed by atoms with Crippen LogP contribution in [0.25, 0.3) is 10.8 Å².